The molecule has 3 nitrogen and oxygen atoms in total. The predicted octanol–water partition coefficient (Wildman–Crippen LogP) is 1.83. The topological polar surface area (TPSA) is 33.6 Å². The zero-order chi connectivity index (χ0) is 10.2. The predicted molar refractivity (Wildman–Crippen MR) is 59.8 cm³/mol. The third-order valence-corrected chi connectivity index (χ3v) is 2.29. The molecule has 0 saturated carbocycles. The summed E-state index contributed by atoms with van der Waals surface area (Å²) in [6, 6.07) is 0. The van der Waals surface area contributed by atoms with E-state index in [-0.39, 0.29) is 0 Å². The van der Waals surface area contributed by atoms with Crippen LogP contribution in [0.5, 0.6) is 0 Å². The first kappa shape index (κ1) is 11.5. The van der Waals surface area contributed by atoms with Crippen molar-refractivity contribution in [2.24, 2.45) is 10.9 Å². The van der Waals surface area contributed by atoms with Crippen LogP contribution in [0.15, 0.2) is 4.99 Å². The highest BCUT2D eigenvalue weighted by Crippen LogP contribution is 2.01. The normalized spacial score (nSPS) is 16.1. The van der Waals surface area contributed by atoms with Crippen LogP contribution in [0, 0.1) is 5.92 Å². The van der Waals surface area contributed by atoms with Crippen molar-refractivity contribution in [3.63, 3.8) is 0 Å². The van der Waals surface area contributed by atoms with E-state index in [2.05, 4.69) is 24.2 Å². The number of nitrogens with one attached hydrogen (secondary N) is 1. The third kappa shape index (κ3) is 5.22. The summed E-state index contributed by atoms with van der Waals surface area (Å²) in [6.07, 6.45) is 3.48. The summed E-state index contributed by atoms with van der Waals surface area (Å²) in [4.78, 5) is 4.33. The van der Waals surface area contributed by atoms with E-state index >= 15 is 0 Å². The van der Waals surface area contributed by atoms with Crippen molar-refractivity contribution in [3.8, 4) is 0 Å². The van der Waals surface area contributed by atoms with Crippen LogP contribution >= 0.6 is 0 Å². The average molecular weight is 198 g/mol. The smallest absolute Gasteiger partial charge is 0.0964 e. The van der Waals surface area contributed by atoms with Gasteiger partial charge in [-0.1, -0.05) is 13.8 Å². The average Bonchev–Trinajstić information content (AvgIpc) is 2.63. The van der Waals surface area contributed by atoms with Crippen molar-refractivity contribution in [2.45, 2.75) is 33.1 Å². The quantitative estimate of drug-likeness (QED) is 0.661. The minimum absolute atomic E-state index is 0.738. The Morgan fingerprint density at radius 1 is 1.43 bits per heavy atom. The Labute approximate surface area is 86.9 Å². The largest absolute Gasteiger partial charge is 0.380 e. The highest BCUT2D eigenvalue weighted by Gasteiger charge is 2.03. The molecule has 0 amide bonds. The molecule has 3 heteroatoms. The van der Waals surface area contributed by atoms with Gasteiger partial charge in [-0.2, -0.15) is 0 Å². The van der Waals surface area contributed by atoms with Gasteiger partial charge in [-0.05, 0) is 18.8 Å². The molecule has 0 atom stereocenters. The van der Waals surface area contributed by atoms with Crippen LogP contribution in [0.2, 0.25) is 0 Å². The van der Waals surface area contributed by atoms with Gasteiger partial charge in [-0.15, -0.1) is 0 Å². The summed E-state index contributed by atoms with van der Waals surface area (Å²) >= 11 is 0. The van der Waals surface area contributed by atoms with Gasteiger partial charge in [-0.25, -0.2) is 0 Å². The fourth-order valence-electron chi connectivity index (χ4n) is 1.37. The third-order valence-electron chi connectivity index (χ3n) is 2.29. The number of hydrogen-bond donors (Lipinski definition) is 1. The van der Waals surface area contributed by atoms with E-state index in [0.29, 0.717) is 0 Å². The molecule has 0 aromatic rings. The molecule has 0 radical (unpaired) electrons. The summed E-state index contributed by atoms with van der Waals surface area (Å²) in [5.41, 5.74) is 0. The Hall–Kier alpha value is -0.570. The summed E-state index contributed by atoms with van der Waals surface area (Å²) in [6.45, 7) is 8.01. The Bertz CT molecular complexity index is 178. The first-order valence-corrected chi connectivity index (χ1v) is 5.64. The van der Waals surface area contributed by atoms with E-state index in [1.165, 1.54) is 6.42 Å². The minimum Gasteiger partial charge on any atom is -0.380 e. The van der Waals surface area contributed by atoms with Crippen LogP contribution in [0.1, 0.15) is 33.1 Å². The Morgan fingerprint density at radius 2 is 2.29 bits per heavy atom. The van der Waals surface area contributed by atoms with E-state index in [9.17, 15) is 0 Å². The molecular formula is C11H22N2O. The molecule has 0 fully saturated rings. The van der Waals surface area contributed by atoms with Crippen molar-refractivity contribution < 1.29 is 4.74 Å². The van der Waals surface area contributed by atoms with Gasteiger partial charge in [0.1, 0.15) is 0 Å². The van der Waals surface area contributed by atoms with E-state index in [0.717, 1.165) is 50.9 Å². The second-order valence-corrected chi connectivity index (χ2v) is 4.15. The number of ether oxygens (including phenoxy) is 1. The van der Waals surface area contributed by atoms with Crippen LogP contribution in [-0.4, -0.2) is 32.1 Å². The van der Waals surface area contributed by atoms with Crippen molar-refractivity contribution in [3.05, 3.63) is 0 Å². The number of nitrogens with zero attached hydrogens (tertiary/aromatic N) is 1. The second kappa shape index (κ2) is 6.82. The molecule has 0 unspecified atom stereocenters. The van der Waals surface area contributed by atoms with Gasteiger partial charge in [0.2, 0.25) is 0 Å². The van der Waals surface area contributed by atoms with Gasteiger partial charge < -0.3 is 10.1 Å². The fraction of sp³-hybridized carbons (Fsp3) is 0.909. The molecule has 0 aromatic carbocycles. The van der Waals surface area contributed by atoms with Crippen molar-refractivity contribution in [1.29, 1.82) is 0 Å². The van der Waals surface area contributed by atoms with E-state index in [1.807, 2.05) is 0 Å². The fourth-order valence-corrected chi connectivity index (χ4v) is 1.37. The van der Waals surface area contributed by atoms with Gasteiger partial charge in [-0.3, -0.25) is 4.99 Å². The van der Waals surface area contributed by atoms with Crippen LogP contribution in [0.4, 0.5) is 0 Å². The molecule has 0 aromatic heterocycles. The lowest BCUT2D eigenvalue weighted by Crippen LogP contribution is -2.25. The molecule has 1 heterocycles. The number of aliphatic imine (C=N–C) groups is 1. The number of rotatable bonds is 6. The van der Waals surface area contributed by atoms with Crippen LogP contribution in [0.3, 0.4) is 0 Å². The molecule has 0 spiro atoms. The summed E-state index contributed by atoms with van der Waals surface area (Å²) in [5, 5.41) is 3.29. The molecule has 0 saturated heterocycles. The van der Waals surface area contributed by atoms with E-state index in [4.69, 9.17) is 4.74 Å². The maximum Gasteiger partial charge on any atom is 0.0964 e. The van der Waals surface area contributed by atoms with Gasteiger partial charge in [0.05, 0.1) is 12.4 Å². The maximum absolute atomic E-state index is 5.49. The van der Waals surface area contributed by atoms with Crippen LogP contribution in [-0.2, 0) is 4.74 Å². The minimum atomic E-state index is 0.738. The second-order valence-electron chi connectivity index (χ2n) is 4.15. The molecule has 0 aliphatic carbocycles. The van der Waals surface area contributed by atoms with E-state index in [1.54, 1.807) is 0 Å². The molecule has 1 aliphatic rings. The molecular weight excluding hydrogens is 176 g/mol. The number of amidine groups is 1. The summed E-state index contributed by atoms with van der Waals surface area (Å²) < 4.78 is 5.49. The van der Waals surface area contributed by atoms with E-state index < -0.39 is 0 Å². The molecule has 1 rings (SSSR count). The van der Waals surface area contributed by atoms with Gasteiger partial charge in [0.25, 0.3) is 0 Å². The first-order chi connectivity index (χ1) is 6.79. The lowest BCUT2D eigenvalue weighted by molar-refractivity contribution is 0.128. The molecule has 0 bridgehead atoms. The Balaban J connectivity index is 1.84. The van der Waals surface area contributed by atoms with Crippen molar-refractivity contribution in [1.82, 2.24) is 5.32 Å². The highest BCUT2D eigenvalue weighted by atomic mass is 16.5. The molecule has 1 N–H and O–H groups in total. The van der Waals surface area contributed by atoms with Crippen molar-refractivity contribution in [2.75, 3.05) is 26.3 Å². The van der Waals surface area contributed by atoms with Crippen LogP contribution < -0.4 is 5.32 Å². The standard InChI is InChI=1S/C11H22N2O/c1-10(2)5-8-14-9-7-13-11-4-3-6-12-11/h10H,3-9H2,1-2H3,(H,12,13). The molecule has 14 heavy (non-hydrogen) atoms. The highest BCUT2D eigenvalue weighted by molar-refractivity contribution is 5.83. The van der Waals surface area contributed by atoms with Gasteiger partial charge in [0, 0.05) is 26.1 Å². The zero-order valence-corrected chi connectivity index (χ0v) is 9.38. The zero-order valence-electron chi connectivity index (χ0n) is 9.38. The number of hydrogen-bond acceptors (Lipinski definition) is 3. The molecule has 82 valence electrons. The van der Waals surface area contributed by atoms with Gasteiger partial charge in [0.15, 0.2) is 0 Å². The van der Waals surface area contributed by atoms with Gasteiger partial charge >= 0.3 is 0 Å². The molecule has 1 aliphatic heterocycles. The summed E-state index contributed by atoms with van der Waals surface area (Å²) in [5.74, 6) is 1.90. The lowest BCUT2D eigenvalue weighted by Gasteiger charge is -2.08. The monoisotopic (exact) mass is 198 g/mol. The Morgan fingerprint density at radius 3 is 2.93 bits per heavy atom. The Kier molecular flexibility index (Phi) is 5.60. The SMILES string of the molecule is CC(C)CCOCCNC1=NCCC1. The van der Waals surface area contributed by atoms with Crippen LogP contribution in [0.25, 0.3) is 0 Å². The van der Waals surface area contributed by atoms with Crippen molar-refractivity contribution >= 4 is 5.84 Å². The maximum atomic E-state index is 5.49. The summed E-state index contributed by atoms with van der Waals surface area (Å²) in [7, 11) is 0. The first-order valence-electron chi connectivity index (χ1n) is 5.64. The lowest BCUT2D eigenvalue weighted by atomic mass is 10.1.